The highest BCUT2D eigenvalue weighted by Crippen LogP contribution is 2.23. The monoisotopic (exact) mass is 310 g/mol. The Morgan fingerprint density at radius 2 is 1.90 bits per heavy atom. The van der Waals surface area contributed by atoms with Crippen molar-refractivity contribution < 1.29 is 8.42 Å². The smallest absolute Gasteiger partial charge is 0.218 e. The molecule has 1 aromatic rings. The molecule has 1 aromatic carbocycles. The van der Waals surface area contributed by atoms with Crippen LogP contribution in [0.3, 0.4) is 0 Å². The fourth-order valence-corrected chi connectivity index (χ4v) is 4.51. The molecular weight excluding hydrogens is 284 g/mol. The first-order valence-electron chi connectivity index (χ1n) is 7.75. The van der Waals surface area contributed by atoms with Crippen LogP contribution in [0.1, 0.15) is 37.3 Å². The summed E-state index contributed by atoms with van der Waals surface area (Å²) in [6.07, 6.45) is 3.20. The molecule has 4 nitrogen and oxygen atoms in total. The Bertz CT molecular complexity index is 540. The van der Waals surface area contributed by atoms with Crippen LogP contribution in [0.25, 0.3) is 0 Å². The lowest BCUT2D eigenvalue weighted by Crippen LogP contribution is -2.40. The summed E-state index contributed by atoms with van der Waals surface area (Å²) in [5.74, 6) is 0.634. The number of nitrogens with zero attached hydrogens (tertiary/aromatic N) is 1. The van der Waals surface area contributed by atoms with E-state index in [4.69, 9.17) is 0 Å². The summed E-state index contributed by atoms with van der Waals surface area (Å²) >= 11 is 0. The predicted molar refractivity (Wildman–Crippen MR) is 86.4 cm³/mol. The molecule has 21 heavy (non-hydrogen) atoms. The van der Waals surface area contributed by atoms with Crippen LogP contribution in [0.5, 0.6) is 0 Å². The van der Waals surface area contributed by atoms with Gasteiger partial charge in [-0.05, 0) is 36.9 Å². The quantitative estimate of drug-likeness (QED) is 0.877. The molecule has 5 heteroatoms. The second-order valence-electron chi connectivity index (χ2n) is 5.88. The average Bonchev–Trinajstić information content (AvgIpc) is 2.49. The number of hydrogen-bond acceptors (Lipinski definition) is 3. The molecule has 1 saturated heterocycles. The van der Waals surface area contributed by atoms with Gasteiger partial charge in [0.05, 0.1) is 5.75 Å². The lowest BCUT2D eigenvalue weighted by atomic mass is 9.97. The van der Waals surface area contributed by atoms with E-state index in [0.29, 0.717) is 19.0 Å². The Hall–Kier alpha value is -0.910. The summed E-state index contributed by atoms with van der Waals surface area (Å²) in [7, 11) is -1.29. The molecule has 1 N–H and O–H groups in total. The number of piperidine rings is 1. The zero-order chi connectivity index (χ0) is 15.3. The zero-order valence-electron chi connectivity index (χ0n) is 13.0. The van der Waals surface area contributed by atoms with E-state index in [9.17, 15) is 8.42 Å². The molecule has 1 atom stereocenters. The van der Waals surface area contributed by atoms with Gasteiger partial charge in [0.15, 0.2) is 0 Å². The van der Waals surface area contributed by atoms with Gasteiger partial charge in [-0.1, -0.05) is 37.6 Å². The fourth-order valence-electron chi connectivity index (χ4n) is 2.87. The molecule has 0 bridgehead atoms. The molecule has 118 valence electrons. The lowest BCUT2D eigenvalue weighted by Gasteiger charge is -2.31. The van der Waals surface area contributed by atoms with Crippen LogP contribution >= 0.6 is 0 Å². The molecule has 1 heterocycles. The summed E-state index contributed by atoms with van der Waals surface area (Å²) in [6.45, 7) is 4.31. The standard InChI is InChI=1S/C16H26N2O2S/c1-3-14-5-4-10-18(12-14)21(19,20)13-16-8-6-15(7-9-16)11-17-2/h6-9,14,17H,3-5,10-13H2,1-2H3. The lowest BCUT2D eigenvalue weighted by molar-refractivity contribution is 0.261. The van der Waals surface area contributed by atoms with Crippen LogP contribution in [0.15, 0.2) is 24.3 Å². The normalized spacial score (nSPS) is 20.6. The molecule has 0 aromatic heterocycles. The van der Waals surface area contributed by atoms with Crippen LogP contribution in [-0.4, -0.2) is 32.9 Å². The molecule has 0 saturated carbocycles. The van der Waals surface area contributed by atoms with Gasteiger partial charge in [-0.2, -0.15) is 0 Å². The first kappa shape index (κ1) is 16.5. The number of hydrogen-bond donors (Lipinski definition) is 1. The van der Waals surface area contributed by atoms with Crippen molar-refractivity contribution in [2.24, 2.45) is 5.92 Å². The molecule has 0 aliphatic carbocycles. The summed E-state index contributed by atoms with van der Waals surface area (Å²) in [5, 5.41) is 3.09. The Morgan fingerprint density at radius 3 is 2.52 bits per heavy atom. The van der Waals surface area contributed by atoms with E-state index in [1.165, 1.54) is 5.56 Å². The number of rotatable bonds is 6. The Labute approximate surface area is 128 Å². The van der Waals surface area contributed by atoms with Gasteiger partial charge in [0.1, 0.15) is 0 Å². The van der Waals surface area contributed by atoms with E-state index in [1.54, 1.807) is 4.31 Å². The van der Waals surface area contributed by atoms with Gasteiger partial charge in [-0.25, -0.2) is 12.7 Å². The summed E-state index contributed by atoms with van der Waals surface area (Å²) in [6, 6.07) is 7.83. The number of nitrogens with one attached hydrogen (secondary N) is 1. The van der Waals surface area contributed by atoms with Crippen molar-refractivity contribution in [1.29, 1.82) is 0 Å². The van der Waals surface area contributed by atoms with E-state index in [-0.39, 0.29) is 5.75 Å². The van der Waals surface area contributed by atoms with Crippen molar-refractivity contribution in [3.63, 3.8) is 0 Å². The topological polar surface area (TPSA) is 49.4 Å². The maximum Gasteiger partial charge on any atom is 0.218 e. The highest BCUT2D eigenvalue weighted by molar-refractivity contribution is 7.88. The van der Waals surface area contributed by atoms with Crippen molar-refractivity contribution in [2.45, 2.75) is 38.5 Å². The summed E-state index contributed by atoms with van der Waals surface area (Å²) < 4.78 is 26.8. The molecular formula is C16H26N2O2S. The van der Waals surface area contributed by atoms with E-state index in [1.807, 2.05) is 31.3 Å². The zero-order valence-corrected chi connectivity index (χ0v) is 13.8. The van der Waals surface area contributed by atoms with Crippen molar-refractivity contribution in [1.82, 2.24) is 9.62 Å². The third kappa shape index (κ3) is 4.53. The molecule has 1 fully saturated rings. The second kappa shape index (κ2) is 7.38. The van der Waals surface area contributed by atoms with Gasteiger partial charge in [-0.3, -0.25) is 0 Å². The molecule has 0 spiro atoms. The van der Waals surface area contributed by atoms with Gasteiger partial charge in [0.2, 0.25) is 10.0 Å². The Balaban J connectivity index is 2.02. The molecule has 0 radical (unpaired) electrons. The highest BCUT2D eigenvalue weighted by atomic mass is 32.2. The van der Waals surface area contributed by atoms with Gasteiger partial charge < -0.3 is 5.32 Å². The van der Waals surface area contributed by atoms with E-state index >= 15 is 0 Å². The summed E-state index contributed by atoms with van der Waals surface area (Å²) in [4.78, 5) is 0. The van der Waals surface area contributed by atoms with Gasteiger partial charge in [-0.15, -0.1) is 0 Å². The van der Waals surface area contributed by atoms with Crippen LogP contribution in [0.4, 0.5) is 0 Å². The largest absolute Gasteiger partial charge is 0.316 e. The van der Waals surface area contributed by atoms with E-state index < -0.39 is 10.0 Å². The second-order valence-corrected chi connectivity index (χ2v) is 7.85. The van der Waals surface area contributed by atoms with Crippen LogP contribution in [-0.2, 0) is 22.3 Å². The van der Waals surface area contributed by atoms with Crippen molar-refractivity contribution in [3.8, 4) is 0 Å². The van der Waals surface area contributed by atoms with Crippen molar-refractivity contribution >= 4 is 10.0 Å². The SMILES string of the molecule is CCC1CCCN(S(=O)(=O)Cc2ccc(CNC)cc2)C1. The molecule has 2 rings (SSSR count). The van der Waals surface area contributed by atoms with E-state index in [2.05, 4.69) is 12.2 Å². The molecule has 1 unspecified atom stereocenters. The van der Waals surface area contributed by atoms with Crippen LogP contribution < -0.4 is 5.32 Å². The van der Waals surface area contributed by atoms with Crippen LogP contribution in [0, 0.1) is 5.92 Å². The summed E-state index contributed by atoms with van der Waals surface area (Å²) in [5.41, 5.74) is 2.04. The van der Waals surface area contributed by atoms with Gasteiger partial charge >= 0.3 is 0 Å². The number of sulfonamides is 1. The minimum atomic E-state index is -3.19. The van der Waals surface area contributed by atoms with Crippen molar-refractivity contribution in [3.05, 3.63) is 35.4 Å². The fraction of sp³-hybridized carbons (Fsp3) is 0.625. The average molecular weight is 310 g/mol. The first-order chi connectivity index (χ1) is 10.0. The maximum absolute atomic E-state index is 12.5. The van der Waals surface area contributed by atoms with Gasteiger partial charge in [0.25, 0.3) is 0 Å². The first-order valence-corrected chi connectivity index (χ1v) is 9.36. The highest BCUT2D eigenvalue weighted by Gasteiger charge is 2.28. The minimum Gasteiger partial charge on any atom is -0.316 e. The molecule has 0 amide bonds. The third-order valence-corrected chi connectivity index (χ3v) is 6.02. The minimum absolute atomic E-state index is 0.114. The van der Waals surface area contributed by atoms with Crippen LogP contribution in [0.2, 0.25) is 0 Å². The molecule has 1 aliphatic heterocycles. The van der Waals surface area contributed by atoms with E-state index in [0.717, 1.165) is 31.4 Å². The number of benzene rings is 1. The maximum atomic E-state index is 12.5. The third-order valence-electron chi connectivity index (χ3n) is 4.21. The predicted octanol–water partition coefficient (Wildman–Crippen LogP) is 2.36. The van der Waals surface area contributed by atoms with Gasteiger partial charge in [0, 0.05) is 19.6 Å². The Kier molecular flexibility index (Phi) is 5.79. The Morgan fingerprint density at radius 1 is 1.24 bits per heavy atom. The van der Waals surface area contributed by atoms with Crippen molar-refractivity contribution in [2.75, 3.05) is 20.1 Å². The molecule has 1 aliphatic rings.